The van der Waals surface area contributed by atoms with Crippen LogP contribution in [-0.2, 0) is 9.59 Å². The number of carbonyl (C=O) groups excluding carboxylic acids is 2. The van der Waals surface area contributed by atoms with Gasteiger partial charge in [-0.1, -0.05) is 11.6 Å². The van der Waals surface area contributed by atoms with Crippen LogP contribution in [0.2, 0.25) is 4.34 Å². The molecule has 0 saturated carbocycles. The lowest BCUT2D eigenvalue weighted by molar-refractivity contribution is -0.128. The van der Waals surface area contributed by atoms with E-state index in [1.54, 1.807) is 13.0 Å². The Balaban J connectivity index is 2.53. The summed E-state index contributed by atoms with van der Waals surface area (Å²) < 4.78 is 0.691. The van der Waals surface area contributed by atoms with Gasteiger partial charge in [0.25, 0.3) is 0 Å². The quantitative estimate of drug-likeness (QED) is 0.883. The largest absolute Gasteiger partial charge is 0.347 e. The van der Waals surface area contributed by atoms with E-state index in [9.17, 15) is 9.59 Å². The van der Waals surface area contributed by atoms with Gasteiger partial charge in [-0.15, -0.1) is 11.3 Å². The van der Waals surface area contributed by atoms with Gasteiger partial charge in [0.05, 0.1) is 10.4 Å². The van der Waals surface area contributed by atoms with E-state index in [-0.39, 0.29) is 17.9 Å². The number of rotatable bonds is 4. The molecule has 1 rings (SSSR count). The number of halogens is 1. The molecule has 0 saturated heterocycles. The molecule has 0 fully saturated rings. The van der Waals surface area contributed by atoms with Crippen LogP contribution >= 0.6 is 22.9 Å². The lowest BCUT2D eigenvalue weighted by Gasteiger charge is -2.16. The lowest BCUT2D eigenvalue weighted by atomic mass is 10.2. The van der Waals surface area contributed by atoms with E-state index in [2.05, 4.69) is 10.6 Å². The van der Waals surface area contributed by atoms with Gasteiger partial charge in [0.1, 0.15) is 6.04 Å². The number of amides is 2. The van der Waals surface area contributed by atoms with E-state index in [0.717, 1.165) is 4.88 Å². The standard InChI is InChI=1S/C11H15ClN2O2S/c1-6(9-4-5-10(12)17-9)14-11(16)7(2)13-8(3)15/h4-7H,1-3H3,(H,13,15)(H,14,16)/t6-,7-/m1/s1. The molecule has 0 unspecified atom stereocenters. The fourth-order valence-electron chi connectivity index (χ4n) is 1.34. The Morgan fingerprint density at radius 1 is 1.29 bits per heavy atom. The number of nitrogens with one attached hydrogen (secondary N) is 2. The van der Waals surface area contributed by atoms with Crippen molar-refractivity contribution < 1.29 is 9.59 Å². The van der Waals surface area contributed by atoms with E-state index < -0.39 is 6.04 Å². The van der Waals surface area contributed by atoms with E-state index >= 15 is 0 Å². The minimum atomic E-state index is -0.537. The van der Waals surface area contributed by atoms with Crippen molar-refractivity contribution >= 4 is 34.8 Å². The van der Waals surface area contributed by atoms with Crippen molar-refractivity contribution in [1.82, 2.24) is 10.6 Å². The van der Waals surface area contributed by atoms with Gasteiger partial charge >= 0.3 is 0 Å². The molecular formula is C11H15ClN2O2S. The first kappa shape index (κ1) is 14.0. The Hall–Kier alpha value is -1.07. The Morgan fingerprint density at radius 2 is 1.94 bits per heavy atom. The van der Waals surface area contributed by atoms with Crippen LogP contribution in [0.3, 0.4) is 0 Å². The summed E-state index contributed by atoms with van der Waals surface area (Å²) in [4.78, 5) is 23.5. The van der Waals surface area contributed by atoms with Crippen LogP contribution in [0.5, 0.6) is 0 Å². The van der Waals surface area contributed by atoms with Crippen molar-refractivity contribution in [3.8, 4) is 0 Å². The zero-order valence-electron chi connectivity index (χ0n) is 9.91. The SMILES string of the molecule is CC(=O)N[C@H](C)C(=O)N[C@H](C)c1ccc(Cl)s1. The molecule has 1 aromatic rings. The van der Waals surface area contributed by atoms with Gasteiger partial charge in [0, 0.05) is 11.8 Å². The summed E-state index contributed by atoms with van der Waals surface area (Å²) in [5.41, 5.74) is 0. The average Bonchev–Trinajstić information content (AvgIpc) is 2.63. The third-order valence-corrected chi connectivity index (χ3v) is 3.61. The molecule has 94 valence electrons. The third-order valence-electron chi connectivity index (χ3n) is 2.19. The molecule has 1 heterocycles. The fraction of sp³-hybridized carbons (Fsp3) is 0.455. The molecule has 4 nitrogen and oxygen atoms in total. The van der Waals surface area contributed by atoms with Gasteiger partial charge < -0.3 is 10.6 Å². The third kappa shape index (κ3) is 4.36. The van der Waals surface area contributed by atoms with Crippen LogP contribution in [-0.4, -0.2) is 17.9 Å². The van der Waals surface area contributed by atoms with Gasteiger partial charge in [-0.25, -0.2) is 0 Å². The summed E-state index contributed by atoms with van der Waals surface area (Å²) in [6.07, 6.45) is 0. The zero-order valence-corrected chi connectivity index (χ0v) is 11.5. The second kappa shape index (κ2) is 6.02. The highest BCUT2D eigenvalue weighted by molar-refractivity contribution is 7.16. The summed E-state index contributed by atoms with van der Waals surface area (Å²) in [6, 6.07) is 3.02. The van der Waals surface area contributed by atoms with Crippen LogP contribution in [0.4, 0.5) is 0 Å². The highest BCUT2D eigenvalue weighted by atomic mass is 35.5. The monoisotopic (exact) mass is 274 g/mol. The average molecular weight is 275 g/mol. The van der Waals surface area contributed by atoms with Crippen LogP contribution < -0.4 is 10.6 Å². The number of thiophene rings is 1. The molecular weight excluding hydrogens is 260 g/mol. The molecule has 6 heteroatoms. The van der Waals surface area contributed by atoms with Crippen LogP contribution in [0.1, 0.15) is 31.7 Å². The van der Waals surface area contributed by atoms with Gasteiger partial charge in [-0.05, 0) is 26.0 Å². The molecule has 2 N–H and O–H groups in total. The molecule has 17 heavy (non-hydrogen) atoms. The van der Waals surface area contributed by atoms with Gasteiger partial charge in [-0.2, -0.15) is 0 Å². The number of hydrogen-bond donors (Lipinski definition) is 2. The molecule has 0 radical (unpaired) electrons. The molecule has 0 aliphatic heterocycles. The molecule has 0 bridgehead atoms. The topological polar surface area (TPSA) is 58.2 Å². The minimum Gasteiger partial charge on any atom is -0.347 e. The maximum Gasteiger partial charge on any atom is 0.242 e. The predicted octanol–water partition coefficient (Wildman–Crippen LogP) is 2.10. The second-order valence-electron chi connectivity index (χ2n) is 3.79. The first-order valence-electron chi connectivity index (χ1n) is 5.23. The first-order valence-corrected chi connectivity index (χ1v) is 6.42. The van der Waals surface area contributed by atoms with E-state index in [1.807, 2.05) is 13.0 Å². The summed E-state index contributed by atoms with van der Waals surface area (Å²) in [6.45, 7) is 4.90. The van der Waals surface area contributed by atoms with Crippen molar-refractivity contribution in [2.45, 2.75) is 32.9 Å². The maximum absolute atomic E-state index is 11.7. The summed E-state index contributed by atoms with van der Waals surface area (Å²) >= 11 is 7.25. The molecule has 0 aliphatic rings. The predicted molar refractivity (Wildman–Crippen MR) is 69.2 cm³/mol. The summed E-state index contributed by atoms with van der Waals surface area (Å²) in [5.74, 6) is -0.434. The fourth-order valence-corrected chi connectivity index (χ4v) is 2.40. The maximum atomic E-state index is 11.7. The Morgan fingerprint density at radius 3 is 2.41 bits per heavy atom. The Labute approximate surface area is 109 Å². The highest BCUT2D eigenvalue weighted by Gasteiger charge is 2.17. The van der Waals surface area contributed by atoms with Crippen molar-refractivity contribution in [2.75, 3.05) is 0 Å². The van der Waals surface area contributed by atoms with Crippen molar-refractivity contribution in [2.24, 2.45) is 0 Å². The smallest absolute Gasteiger partial charge is 0.242 e. The summed E-state index contributed by atoms with van der Waals surface area (Å²) in [5, 5.41) is 5.34. The first-order chi connectivity index (χ1) is 7.90. The lowest BCUT2D eigenvalue weighted by Crippen LogP contribution is -2.44. The van der Waals surface area contributed by atoms with Crippen LogP contribution in [0, 0.1) is 0 Å². The molecule has 0 aliphatic carbocycles. The molecule has 2 atom stereocenters. The highest BCUT2D eigenvalue weighted by Crippen LogP contribution is 2.26. The summed E-state index contributed by atoms with van der Waals surface area (Å²) in [7, 11) is 0. The van der Waals surface area contributed by atoms with E-state index in [4.69, 9.17) is 11.6 Å². The van der Waals surface area contributed by atoms with Crippen molar-refractivity contribution in [3.05, 3.63) is 21.3 Å². The molecule has 1 aromatic heterocycles. The zero-order chi connectivity index (χ0) is 13.0. The van der Waals surface area contributed by atoms with Crippen LogP contribution in [0.15, 0.2) is 12.1 Å². The number of hydrogen-bond acceptors (Lipinski definition) is 3. The second-order valence-corrected chi connectivity index (χ2v) is 5.54. The van der Waals surface area contributed by atoms with Crippen LogP contribution in [0.25, 0.3) is 0 Å². The molecule has 0 aromatic carbocycles. The van der Waals surface area contributed by atoms with Crippen molar-refractivity contribution in [3.63, 3.8) is 0 Å². The molecule has 0 spiro atoms. The van der Waals surface area contributed by atoms with Gasteiger partial charge in [0.2, 0.25) is 11.8 Å². The van der Waals surface area contributed by atoms with Gasteiger partial charge in [0.15, 0.2) is 0 Å². The van der Waals surface area contributed by atoms with E-state index in [0.29, 0.717) is 4.34 Å². The number of carbonyl (C=O) groups is 2. The Bertz CT molecular complexity index is 419. The van der Waals surface area contributed by atoms with Crippen molar-refractivity contribution in [1.29, 1.82) is 0 Å². The Kier molecular flexibility index (Phi) is 4.96. The minimum absolute atomic E-state index is 0.115. The van der Waals surface area contributed by atoms with Gasteiger partial charge in [-0.3, -0.25) is 9.59 Å². The van der Waals surface area contributed by atoms with E-state index in [1.165, 1.54) is 18.3 Å². The normalized spacial score (nSPS) is 13.9. The molecule has 2 amide bonds.